The van der Waals surface area contributed by atoms with Crippen molar-refractivity contribution in [2.24, 2.45) is 0 Å². The first-order valence-corrected chi connectivity index (χ1v) is 9.55. The summed E-state index contributed by atoms with van der Waals surface area (Å²) in [5.41, 5.74) is 0.0484. The molecule has 1 heterocycles. The van der Waals surface area contributed by atoms with Crippen LogP contribution in [0.2, 0.25) is 0 Å². The van der Waals surface area contributed by atoms with Crippen LogP contribution in [0.15, 0.2) is 24.3 Å². The third kappa shape index (κ3) is 5.89. The summed E-state index contributed by atoms with van der Waals surface area (Å²) in [6.45, 7) is 3.42. The summed E-state index contributed by atoms with van der Waals surface area (Å²) in [6.07, 6.45) is 4.45. The summed E-state index contributed by atoms with van der Waals surface area (Å²) < 4.78 is 26.7. The summed E-state index contributed by atoms with van der Waals surface area (Å²) in [6, 6.07) is 5.93. The second-order valence-electron chi connectivity index (χ2n) is 5.80. The second-order valence-corrected chi connectivity index (χ2v) is 7.60. The molecule has 0 atom stereocenters. The number of hydrogen-bond donors (Lipinski definition) is 1. The monoisotopic (exact) mass is 341 g/mol. The molecule has 1 fully saturated rings. The van der Waals surface area contributed by atoms with Crippen LogP contribution in [0.5, 0.6) is 0 Å². The van der Waals surface area contributed by atoms with E-state index in [-0.39, 0.29) is 17.0 Å². The van der Waals surface area contributed by atoms with E-state index >= 15 is 0 Å². The van der Waals surface area contributed by atoms with Gasteiger partial charge in [0.15, 0.2) is 0 Å². The zero-order chi connectivity index (χ0) is 16.7. The van der Waals surface area contributed by atoms with E-state index in [1.54, 1.807) is 6.07 Å². The van der Waals surface area contributed by atoms with Gasteiger partial charge in [-0.3, -0.25) is 10.1 Å². The van der Waals surface area contributed by atoms with E-state index in [0.717, 1.165) is 26.1 Å². The molecule has 1 aromatic rings. The Morgan fingerprint density at radius 2 is 1.87 bits per heavy atom. The third-order valence-electron chi connectivity index (χ3n) is 3.96. The molecule has 0 saturated carbocycles. The molecule has 2 rings (SSSR count). The number of benzene rings is 1. The molecular weight excluding hydrogens is 318 g/mol. The lowest BCUT2D eigenvalue weighted by Gasteiger charge is -2.26. The first-order valence-electron chi connectivity index (χ1n) is 7.90. The number of nitro groups is 1. The number of nitrogens with one attached hydrogen (secondary N) is 1. The largest absolute Gasteiger partial charge is 0.303 e. The minimum Gasteiger partial charge on any atom is -0.303 e. The number of rotatable bonds is 8. The van der Waals surface area contributed by atoms with Crippen LogP contribution in [0.25, 0.3) is 0 Å². The molecule has 7 nitrogen and oxygen atoms in total. The lowest BCUT2D eigenvalue weighted by atomic mass is 10.1. The molecule has 0 spiro atoms. The average molecular weight is 341 g/mol. The molecule has 0 aliphatic carbocycles. The minimum atomic E-state index is -3.57. The maximum absolute atomic E-state index is 12.1. The van der Waals surface area contributed by atoms with Crippen molar-refractivity contribution in [2.45, 2.75) is 31.4 Å². The summed E-state index contributed by atoms with van der Waals surface area (Å²) >= 11 is 0. The summed E-state index contributed by atoms with van der Waals surface area (Å²) in [7, 11) is -3.57. The Bertz CT molecular complexity index is 627. The number of para-hydroxylation sites is 1. The normalized spacial score (nSPS) is 16.3. The van der Waals surface area contributed by atoms with Gasteiger partial charge in [0.05, 0.1) is 10.7 Å². The quantitative estimate of drug-likeness (QED) is 0.443. The zero-order valence-electron chi connectivity index (χ0n) is 13.1. The Morgan fingerprint density at radius 3 is 2.57 bits per heavy atom. The van der Waals surface area contributed by atoms with Crippen LogP contribution < -0.4 is 4.72 Å². The van der Waals surface area contributed by atoms with Gasteiger partial charge < -0.3 is 4.90 Å². The van der Waals surface area contributed by atoms with Crippen molar-refractivity contribution in [3.8, 4) is 0 Å². The number of nitrogens with zero attached hydrogens (tertiary/aromatic N) is 2. The molecule has 1 N–H and O–H groups in total. The molecule has 128 valence electrons. The zero-order valence-corrected chi connectivity index (χ0v) is 13.9. The van der Waals surface area contributed by atoms with E-state index in [2.05, 4.69) is 9.62 Å². The standard InChI is InChI=1S/C15H23N3O4S/c19-18(20)15-8-3-2-7-14(15)13-23(21,22)16-9-6-12-17-10-4-1-5-11-17/h2-3,7-8,16H,1,4-6,9-13H2. The molecule has 0 unspecified atom stereocenters. The van der Waals surface area contributed by atoms with Gasteiger partial charge >= 0.3 is 0 Å². The first kappa shape index (κ1) is 17.8. The predicted octanol–water partition coefficient (Wildman–Crippen LogP) is 1.89. The fourth-order valence-electron chi connectivity index (χ4n) is 2.78. The predicted molar refractivity (Wildman–Crippen MR) is 88.6 cm³/mol. The van der Waals surface area contributed by atoms with E-state index in [4.69, 9.17) is 0 Å². The summed E-state index contributed by atoms with van der Waals surface area (Å²) in [5.74, 6) is -0.367. The summed E-state index contributed by atoms with van der Waals surface area (Å²) in [4.78, 5) is 12.7. The van der Waals surface area contributed by atoms with Gasteiger partial charge in [-0.1, -0.05) is 24.6 Å². The third-order valence-corrected chi connectivity index (χ3v) is 5.29. The Labute approximate surface area is 136 Å². The van der Waals surface area contributed by atoms with Crippen LogP contribution in [0.3, 0.4) is 0 Å². The van der Waals surface area contributed by atoms with Crippen LogP contribution in [-0.2, 0) is 15.8 Å². The van der Waals surface area contributed by atoms with E-state index in [1.807, 2.05) is 0 Å². The van der Waals surface area contributed by atoms with Crippen LogP contribution in [0.4, 0.5) is 5.69 Å². The number of piperidine rings is 1. The number of nitro benzene ring substituents is 1. The number of hydrogen-bond acceptors (Lipinski definition) is 5. The van der Waals surface area contributed by atoms with Gasteiger partial charge in [0.2, 0.25) is 10.0 Å². The van der Waals surface area contributed by atoms with Crippen LogP contribution in [-0.4, -0.2) is 44.4 Å². The van der Waals surface area contributed by atoms with Crippen molar-refractivity contribution in [1.29, 1.82) is 0 Å². The molecule has 0 amide bonds. The SMILES string of the molecule is O=[N+]([O-])c1ccccc1CS(=O)(=O)NCCCN1CCCCC1. The van der Waals surface area contributed by atoms with Gasteiger partial charge in [-0.2, -0.15) is 0 Å². The highest BCUT2D eigenvalue weighted by atomic mass is 32.2. The minimum absolute atomic E-state index is 0.161. The second kappa shape index (κ2) is 8.37. The molecule has 1 aromatic carbocycles. The fourth-order valence-corrected chi connectivity index (χ4v) is 3.99. The molecule has 23 heavy (non-hydrogen) atoms. The highest BCUT2D eigenvalue weighted by molar-refractivity contribution is 7.88. The molecule has 8 heteroatoms. The maximum atomic E-state index is 12.1. The van der Waals surface area contributed by atoms with E-state index in [0.29, 0.717) is 6.54 Å². The van der Waals surface area contributed by atoms with Crippen molar-refractivity contribution < 1.29 is 13.3 Å². The van der Waals surface area contributed by atoms with Crippen molar-refractivity contribution in [2.75, 3.05) is 26.2 Å². The van der Waals surface area contributed by atoms with Gasteiger partial charge in [0, 0.05) is 18.2 Å². The van der Waals surface area contributed by atoms with Gasteiger partial charge in [0.25, 0.3) is 5.69 Å². The molecule has 0 aromatic heterocycles. The van der Waals surface area contributed by atoms with E-state index < -0.39 is 14.9 Å². The van der Waals surface area contributed by atoms with Crippen molar-refractivity contribution in [3.63, 3.8) is 0 Å². The Balaban J connectivity index is 1.81. The molecule has 1 saturated heterocycles. The van der Waals surface area contributed by atoms with Crippen LogP contribution in [0.1, 0.15) is 31.2 Å². The smallest absolute Gasteiger partial charge is 0.273 e. The number of sulfonamides is 1. The Hall–Kier alpha value is -1.51. The Kier molecular flexibility index (Phi) is 6.49. The van der Waals surface area contributed by atoms with Gasteiger partial charge in [0.1, 0.15) is 0 Å². The maximum Gasteiger partial charge on any atom is 0.273 e. The Morgan fingerprint density at radius 1 is 1.17 bits per heavy atom. The van der Waals surface area contributed by atoms with E-state index in [1.165, 1.54) is 37.5 Å². The van der Waals surface area contributed by atoms with Crippen LogP contribution in [0, 0.1) is 10.1 Å². The molecule has 1 aliphatic heterocycles. The van der Waals surface area contributed by atoms with Crippen molar-refractivity contribution in [1.82, 2.24) is 9.62 Å². The first-order chi connectivity index (χ1) is 11.0. The molecule has 1 aliphatic rings. The van der Waals surface area contributed by atoms with Gasteiger partial charge in [-0.25, -0.2) is 13.1 Å². The average Bonchev–Trinajstić information content (AvgIpc) is 2.52. The fraction of sp³-hybridized carbons (Fsp3) is 0.600. The lowest BCUT2D eigenvalue weighted by molar-refractivity contribution is -0.385. The highest BCUT2D eigenvalue weighted by Crippen LogP contribution is 2.19. The lowest BCUT2D eigenvalue weighted by Crippen LogP contribution is -2.33. The van der Waals surface area contributed by atoms with Gasteiger partial charge in [-0.05, 0) is 38.9 Å². The molecule has 0 bridgehead atoms. The highest BCUT2D eigenvalue weighted by Gasteiger charge is 2.19. The van der Waals surface area contributed by atoms with Crippen molar-refractivity contribution >= 4 is 15.7 Å². The number of likely N-dealkylation sites (tertiary alicyclic amines) is 1. The van der Waals surface area contributed by atoms with Crippen molar-refractivity contribution in [3.05, 3.63) is 39.9 Å². The molecule has 0 radical (unpaired) electrons. The topological polar surface area (TPSA) is 92.5 Å². The molecular formula is C15H23N3O4S. The van der Waals surface area contributed by atoms with Gasteiger partial charge in [-0.15, -0.1) is 0 Å². The summed E-state index contributed by atoms with van der Waals surface area (Å²) in [5, 5.41) is 10.9. The van der Waals surface area contributed by atoms with Crippen LogP contribution >= 0.6 is 0 Å². The van der Waals surface area contributed by atoms with E-state index in [9.17, 15) is 18.5 Å².